The van der Waals surface area contributed by atoms with Gasteiger partial charge in [-0.15, -0.1) is 0 Å². The summed E-state index contributed by atoms with van der Waals surface area (Å²) >= 11 is 0. The predicted molar refractivity (Wildman–Crippen MR) is 73.5 cm³/mol. The van der Waals surface area contributed by atoms with Gasteiger partial charge in [-0.25, -0.2) is 12.7 Å². The molecule has 6 heteroatoms. The van der Waals surface area contributed by atoms with Gasteiger partial charge in [0, 0.05) is 31.7 Å². The normalized spacial score (nSPS) is 34.5. The van der Waals surface area contributed by atoms with Crippen molar-refractivity contribution in [2.24, 2.45) is 0 Å². The summed E-state index contributed by atoms with van der Waals surface area (Å²) in [6.07, 6.45) is 3.54. The molecule has 0 aromatic carbocycles. The summed E-state index contributed by atoms with van der Waals surface area (Å²) in [4.78, 5) is 2.56. The highest BCUT2D eigenvalue weighted by molar-refractivity contribution is 7.89. The molecule has 5 nitrogen and oxygen atoms in total. The van der Waals surface area contributed by atoms with E-state index in [1.807, 2.05) is 0 Å². The maximum atomic E-state index is 12.1. The van der Waals surface area contributed by atoms with E-state index >= 15 is 0 Å². The molecule has 2 unspecified atom stereocenters. The fourth-order valence-electron chi connectivity index (χ4n) is 3.60. The van der Waals surface area contributed by atoms with Crippen molar-refractivity contribution >= 4 is 10.0 Å². The molecule has 3 fully saturated rings. The molecule has 0 saturated carbocycles. The number of ether oxygens (including phenoxy) is 1. The van der Waals surface area contributed by atoms with Crippen LogP contribution in [0.15, 0.2) is 0 Å². The third-order valence-corrected chi connectivity index (χ3v) is 7.07. The fraction of sp³-hybridized carbons (Fsp3) is 1.00. The second kappa shape index (κ2) is 4.98. The van der Waals surface area contributed by atoms with Crippen LogP contribution in [0.4, 0.5) is 0 Å². The molecule has 2 atom stereocenters. The molecule has 3 rings (SSSR count). The first-order chi connectivity index (χ1) is 8.98. The average molecular weight is 288 g/mol. The highest BCUT2D eigenvalue weighted by Crippen LogP contribution is 2.33. The molecule has 3 heterocycles. The lowest BCUT2D eigenvalue weighted by molar-refractivity contribution is 0.00162. The predicted octanol–water partition coefficient (Wildman–Crippen LogP) is 0.662. The Morgan fingerprint density at radius 3 is 2.32 bits per heavy atom. The molecule has 0 N–H and O–H groups in total. The zero-order chi connectivity index (χ0) is 13.6. The third kappa shape index (κ3) is 2.44. The van der Waals surface area contributed by atoms with Crippen LogP contribution in [0.2, 0.25) is 0 Å². The number of hydrogen-bond donors (Lipinski definition) is 0. The molecular weight excluding hydrogens is 264 g/mol. The molecule has 110 valence electrons. The van der Waals surface area contributed by atoms with Crippen LogP contribution in [0.5, 0.6) is 0 Å². The summed E-state index contributed by atoms with van der Waals surface area (Å²) in [7, 11) is -3.07. The molecular formula is C13H24N2O3S. The van der Waals surface area contributed by atoms with Gasteiger partial charge in [0.05, 0.1) is 18.0 Å². The van der Waals surface area contributed by atoms with E-state index in [1.54, 1.807) is 18.2 Å². The molecule has 0 aromatic rings. The maximum absolute atomic E-state index is 12.1. The number of hydrogen-bond acceptors (Lipinski definition) is 4. The molecule has 3 aliphatic rings. The van der Waals surface area contributed by atoms with Gasteiger partial charge in [-0.05, 0) is 33.1 Å². The molecule has 0 spiro atoms. The number of likely N-dealkylation sites (tertiary alicyclic amines) is 1. The van der Waals surface area contributed by atoms with Crippen LogP contribution in [0.3, 0.4) is 0 Å². The molecule has 19 heavy (non-hydrogen) atoms. The lowest BCUT2D eigenvalue weighted by atomic mass is 10.0. The number of rotatable bonds is 3. The number of sulfonamides is 1. The number of morpholine rings is 1. The summed E-state index contributed by atoms with van der Waals surface area (Å²) in [6.45, 7) is 6.80. The van der Waals surface area contributed by atoms with Crippen molar-refractivity contribution in [2.45, 2.75) is 56.5 Å². The van der Waals surface area contributed by atoms with Gasteiger partial charge in [0.2, 0.25) is 10.0 Å². The monoisotopic (exact) mass is 288 g/mol. The van der Waals surface area contributed by atoms with Gasteiger partial charge < -0.3 is 4.74 Å². The van der Waals surface area contributed by atoms with E-state index < -0.39 is 10.0 Å². The van der Waals surface area contributed by atoms with E-state index in [4.69, 9.17) is 4.74 Å². The summed E-state index contributed by atoms with van der Waals surface area (Å²) < 4.78 is 31.6. The van der Waals surface area contributed by atoms with Gasteiger partial charge in [-0.1, -0.05) is 0 Å². The smallest absolute Gasteiger partial charge is 0.216 e. The fourth-order valence-corrected chi connectivity index (χ4v) is 4.92. The summed E-state index contributed by atoms with van der Waals surface area (Å²) in [5.74, 6) is 0. The van der Waals surface area contributed by atoms with Crippen LogP contribution in [0.25, 0.3) is 0 Å². The standard InChI is InChI=1S/C13H24N2O3S/c1-10(2)19(16,17)14-5-3-11(4-6-14)15-8-13-7-12(15)9-18-13/h10-13H,3-9H2,1-2H3. The SMILES string of the molecule is CC(C)S(=O)(=O)N1CCC(N2CC3CC2CO3)CC1. The first-order valence-electron chi connectivity index (χ1n) is 7.35. The highest BCUT2D eigenvalue weighted by atomic mass is 32.2. The molecule has 2 bridgehead atoms. The first-order valence-corrected chi connectivity index (χ1v) is 8.85. The molecule has 0 radical (unpaired) electrons. The Morgan fingerprint density at radius 2 is 1.84 bits per heavy atom. The van der Waals surface area contributed by atoms with E-state index in [2.05, 4.69) is 4.90 Å². The Hall–Kier alpha value is -0.170. The molecule has 3 aliphatic heterocycles. The minimum Gasteiger partial charge on any atom is -0.375 e. The van der Waals surface area contributed by atoms with Crippen LogP contribution in [-0.4, -0.2) is 67.3 Å². The van der Waals surface area contributed by atoms with E-state index in [9.17, 15) is 8.42 Å². The number of fused-ring (bicyclic) bond motifs is 2. The van der Waals surface area contributed by atoms with Gasteiger partial charge in [-0.3, -0.25) is 4.90 Å². The van der Waals surface area contributed by atoms with Crippen LogP contribution in [-0.2, 0) is 14.8 Å². The van der Waals surface area contributed by atoms with E-state index in [1.165, 1.54) is 6.42 Å². The minimum atomic E-state index is -3.07. The van der Waals surface area contributed by atoms with Gasteiger partial charge in [0.1, 0.15) is 0 Å². The second-order valence-corrected chi connectivity index (χ2v) is 8.75. The summed E-state index contributed by atoms with van der Waals surface area (Å²) in [5, 5.41) is -0.305. The lowest BCUT2D eigenvalue weighted by Gasteiger charge is -2.40. The summed E-state index contributed by atoms with van der Waals surface area (Å²) in [5.41, 5.74) is 0. The van der Waals surface area contributed by atoms with Crippen LogP contribution < -0.4 is 0 Å². The Labute approximate surface area is 115 Å². The molecule has 0 aromatic heterocycles. The van der Waals surface area contributed by atoms with Crippen molar-refractivity contribution in [1.82, 2.24) is 9.21 Å². The lowest BCUT2D eigenvalue weighted by Crippen LogP contribution is -2.51. The maximum Gasteiger partial charge on any atom is 0.216 e. The average Bonchev–Trinajstić information content (AvgIpc) is 3.01. The van der Waals surface area contributed by atoms with Gasteiger partial charge >= 0.3 is 0 Å². The Bertz CT molecular complexity index is 429. The van der Waals surface area contributed by atoms with Crippen molar-refractivity contribution < 1.29 is 13.2 Å². The quantitative estimate of drug-likeness (QED) is 0.765. The first kappa shape index (κ1) is 13.8. The van der Waals surface area contributed by atoms with E-state index in [0.717, 1.165) is 26.0 Å². The number of nitrogens with zero attached hydrogens (tertiary/aromatic N) is 2. The number of piperidine rings is 1. The third-order valence-electron chi connectivity index (χ3n) is 4.79. The van der Waals surface area contributed by atoms with Crippen molar-refractivity contribution in [3.8, 4) is 0 Å². The van der Waals surface area contributed by atoms with Gasteiger partial charge in [0.15, 0.2) is 0 Å². The van der Waals surface area contributed by atoms with Gasteiger partial charge in [-0.2, -0.15) is 0 Å². The van der Waals surface area contributed by atoms with Crippen molar-refractivity contribution in [3.63, 3.8) is 0 Å². The van der Waals surface area contributed by atoms with Crippen molar-refractivity contribution in [3.05, 3.63) is 0 Å². The Balaban J connectivity index is 1.58. The van der Waals surface area contributed by atoms with Crippen LogP contribution in [0.1, 0.15) is 33.1 Å². The molecule has 3 saturated heterocycles. The van der Waals surface area contributed by atoms with Crippen molar-refractivity contribution in [1.29, 1.82) is 0 Å². The zero-order valence-corrected chi connectivity index (χ0v) is 12.6. The topological polar surface area (TPSA) is 49.9 Å². The van der Waals surface area contributed by atoms with E-state index in [-0.39, 0.29) is 5.25 Å². The zero-order valence-electron chi connectivity index (χ0n) is 11.8. The van der Waals surface area contributed by atoms with Crippen LogP contribution in [0, 0.1) is 0 Å². The second-order valence-electron chi connectivity index (χ2n) is 6.27. The Morgan fingerprint density at radius 1 is 1.16 bits per heavy atom. The molecule has 0 aliphatic carbocycles. The highest BCUT2D eigenvalue weighted by Gasteiger charge is 2.43. The Kier molecular flexibility index (Phi) is 3.62. The van der Waals surface area contributed by atoms with Crippen LogP contribution >= 0.6 is 0 Å². The largest absolute Gasteiger partial charge is 0.375 e. The van der Waals surface area contributed by atoms with E-state index in [0.29, 0.717) is 31.3 Å². The molecule has 0 amide bonds. The van der Waals surface area contributed by atoms with Gasteiger partial charge in [0.25, 0.3) is 0 Å². The van der Waals surface area contributed by atoms with Crippen molar-refractivity contribution in [2.75, 3.05) is 26.2 Å². The summed E-state index contributed by atoms with van der Waals surface area (Å²) in [6, 6.07) is 1.14. The minimum absolute atomic E-state index is 0.305.